The Balaban J connectivity index is 1.92. The molecule has 0 unspecified atom stereocenters. The van der Waals surface area contributed by atoms with Gasteiger partial charge >= 0.3 is 0 Å². The average Bonchev–Trinajstić information content (AvgIpc) is 2.80. The van der Waals surface area contributed by atoms with Crippen LogP contribution in [0.3, 0.4) is 0 Å². The average molecular weight is 288 g/mol. The molecular formula is C19H32N2. The van der Waals surface area contributed by atoms with Gasteiger partial charge in [-0.3, -0.25) is 4.90 Å². The molecule has 1 aromatic carbocycles. The summed E-state index contributed by atoms with van der Waals surface area (Å²) in [6, 6.07) is 9.67. The first-order chi connectivity index (χ1) is 10.3. The summed E-state index contributed by atoms with van der Waals surface area (Å²) in [6.45, 7) is 8.85. The number of nitrogens with one attached hydrogen (secondary N) is 1. The van der Waals surface area contributed by atoms with Crippen LogP contribution in [0.2, 0.25) is 0 Å². The lowest BCUT2D eigenvalue weighted by Crippen LogP contribution is -2.29. The van der Waals surface area contributed by atoms with Crippen molar-refractivity contribution in [1.82, 2.24) is 10.2 Å². The lowest BCUT2D eigenvalue weighted by molar-refractivity contribution is 0.294. The largest absolute Gasteiger partial charge is 0.310 e. The van der Waals surface area contributed by atoms with Crippen LogP contribution in [-0.2, 0) is 13.1 Å². The molecule has 1 fully saturated rings. The molecule has 0 aromatic heterocycles. The normalized spacial score (nSPS) is 17.1. The van der Waals surface area contributed by atoms with Crippen LogP contribution in [0, 0.1) is 0 Å². The van der Waals surface area contributed by atoms with Crippen molar-refractivity contribution in [1.29, 1.82) is 0 Å². The summed E-state index contributed by atoms with van der Waals surface area (Å²) < 4.78 is 0. The Bertz CT molecular complexity index is 390. The minimum atomic E-state index is 0.731. The first-order valence-corrected chi connectivity index (χ1v) is 8.86. The second kappa shape index (κ2) is 9.22. The molecule has 0 aliphatic heterocycles. The fourth-order valence-corrected chi connectivity index (χ4v) is 3.31. The van der Waals surface area contributed by atoms with Crippen molar-refractivity contribution in [3.8, 4) is 0 Å². The summed E-state index contributed by atoms with van der Waals surface area (Å²) in [6.07, 6.45) is 8.38. The molecule has 0 amide bonds. The first kappa shape index (κ1) is 16.5. The van der Waals surface area contributed by atoms with Gasteiger partial charge in [0.25, 0.3) is 0 Å². The Kier molecular flexibility index (Phi) is 7.25. The molecule has 1 N–H and O–H groups in total. The van der Waals surface area contributed by atoms with Gasteiger partial charge in [-0.2, -0.15) is 0 Å². The minimum absolute atomic E-state index is 0.731. The van der Waals surface area contributed by atoms with E-state index in [0.29, 0.717) is 0 Å². The van der Waals surface area contributed by atoms with Gasteiger partial charge in [0.05, 0.1) is 0 Å². The zero-order valence-electron chi connectivity index (χ0n) is 13.9. The highest BCUT2D eigenvalue weighted by atomic mass is 15.1. The lowest BCUT2D eigenvalue weighted by atomic mass is 10.0. The molecular weight excluding hydrogens is 256 g/mol. The summed E-state index contributed by atoms with van der Waals surface area (Å²) >= 11 is 0. The van der Waals surface area contributed by atoms with Gasteiger partial charge in [-0.05, 0) is 37.1 Å². The Labute approximate surface area is 130 Å². The van der Waals surface area contributed by atoms with Crippen molar-refractivity contribution in [2.45, 2.75) is 71.5 Å². The molecule has 1 aliphatic rings. The van der Waals surface area contributed by atoms with E-state index in [1.807, 2.05) is 0 Å². The number of hydrogen-bond donors (Lipinski definition) is 1. The van der Waals surface area contributed by atoms with E-state index in [0.717, 1.165) is 32.2 Å². The molecule has 0 atom stereocenters. The van der Waals surface area contributed by atoms with E-state index >= 15 is 0 Å². The molecule has 0 heterocycles. The lowest BCUT2D eigenvalue weighted by Gasteiger charge is -2.22. The van der Waals surface area contributed by atoms with Crippen molar-refractivity contribution < 1.29 is 0 Å². The Morgan fingerprint density at radius 3 is 2.19 bits per heavy atom. The van der Waals surface area contributed by atoms with E-state index in [1.165, 1.54) is 49.7 Å². The topological polar surface area (TPSA) is 15.3 Å². The second-order valence-corrected chi connectivity index (χ2v) is 6.30. The first-order valence-electron chi connectivity index (χ1n) is 8.86. The molecule has 0 bridgehead atoms. The van der Waals surface area contributed by atoms with E-state index in [2.05, 4.69) is 48.3 Å². The molecule has 1 aromatic rings. The second-order valence-electron chi connectivity index (χ2n) is 6.30. The van der Waals surface area contributed by atoms with Gasteiger partial charge in [0.2, 0.25) is 0 Å². The Morgan fingerprint density at radius 2 is 1.57 bits per heavy atom. The summed E-state index contributed by atoms with van der Waals surface area (Å²) in [5.74, 6) is 0. The molecule has 2 nitrogen and oxygen atoms in total. The molecule has 0 radical (unpaired) electrons. The number of hydrogen-bond acceptors (Lipinski definition) is 2. The summed E-state index contributed by atoms with van der Waals surface area (Å²) in [7, 11) is 0. The van der Waals surface area contributed by atoms with Crippen molar-refractivity contribution in [2.24, 2.45) is 0 Å². The highest BCUT2D eigenvalue weighted by Crippen LogP contribution is 2.18. The Morgan fingerprint density at radius 1 is 0.952 bits per heavy atom. The zero-order chi connectivity index (χ0) is 14.9. The van der Waals surface area contributed by atoms with Crippen molar-refractivity contribution >= 4 is 0 Å². The fraction of sp³-hybridized carbons (Fsp3) is 0.684. The van der Waals surface area contributed by atoms with Crippen LogP contribution in [0.4, 0.5) is 0 Å². The smallest absolute Gasteiger partial charge is 0.0236 e. The number of benzene rings is 1. The third-order valence-electron chi connectivity index (χ3n) is 4.84. The molecule has 1 saturated carbocycles. The van der Waals surface area contributed by atoms with Gasteiger partial charge in [-0.15, -0.1) is 0 Å². The standard InChI is InChI=1S/C19H32N2/c1-3-21(4-2)16-18-12-10-9-11-17(18)15-20-19-13-7-5-6-8-14-19/h9-12,19-20H,3-8,13-16H2,1-2H3. The molecule has 21 heavy (non-hydrogen) atoms. The maximum absolute atomic E-state index is 3.81. The van der Waals surface area contributed by atoms with E-state index in [4.69, 9.17) is 0 Å². The monoisotopic (exact) mass is 288 g/mol. The van der Waals surface area contributed by atoms with Crippen LogP contribution in [0.1, 0.15) is 63.5 Å². The third-order valence-corrected chi connectivity index (χ3v) is 4.84. The SMILES string of the molecule is CCN(CC)Cc1ccccc1CNC1CCCCCC1. The number of rotatable bonds is 7. The summed E-state index contributed by atoms with van der Waals surface area (Å²) in [5.41, 5.74) is 2.97. The molecule has 0 spiro atoms. The maximum Gasteiger partial charge on any atom is 0.0236 e. The van der Waals surface area contributed by atoms with Gasteiger partial charge in [-0.1, -0.05) is 63.8 Å². The van der Waals surface area contributed by atoms with Crippen LogP contribution in [0.15, 0.2) is 24.3 Å². The van der Waals surface area contributed by atoms with E-state index in [1.54, 1.807) is 0 Å². The van der Waals surface area contributed by atoms with Crippen LogP contribution in [-0.4, -0.2) is 24.0 Å². The van der Waals surface area contributed by atoms with Crippen molar-refractivity contribution in [2.75, 3.05) is 13.1 Å². The van der Waals surface area contributed by atoms with Crippen LogP contribution in [0.5, 0.6) is 0 Å². The predicted octanol–water partition coefficient (Wildman–Crippen LogP) is 4.34. The van der Waals surface area contributed by atoms with Crippen LogP contribution < -0.4 is 5.32 Å². The van der Waals surface area contributed by atoms with Crippen LogP contribution in [0.25, 0.3) is 0 Å². The highest BCUT2D eigenvalue weighted by Gasteiger charge is 2.12. The van der Waals surface area contributed by atoms with Crippen LogP contribution >= 0.6 is 0 Å². The predicted molar refractivity (Wildman–Crippen MR) is 91.4 cm³/mol. The van der Waals surface area contributed by atoms with Gasteiger partial charge in [0, 0.05) is 19.1 Å². The van der Waals surface area contributed by atoms with Gasteiger partial charge in [0.15, 0.2) is 0 Å². The van der Waals surface area contributed by atoms with Crippen molar-refractivity contribution in [3.63, 3.8) is 0 Å². The minimum Gasteiger partial charge on any atom is -0.310 e. The van der Waals surface area contributed by atoms with E-state index in [-0.39, 0.29) is 0 Å². The summed E-state index contributed by atoms with van der Waals surface area (Å²) in [5, 5.41) is 3.81. The molecule has 118 valence electrons. The van der Waals surface area contributed by atoms with Gasteiger partial charge in [0.1, 0.15) is 0 Å². The maximum atomic E-state index is 3.81. The zero-order valence-corrected chi connectivity index (χ0v) is 13.9. The third kappa shape index (κ3) is 5.44. The van der Waals surface area contributed by atoms with Crippen molar-refractivity contribution in [3.05, 3.63) is 35.4 Å². The molecule has 2 rings (SSSR count). The quantitative estimate of drug-likeness (QED) is 0.751. The number of nitrogens with zero attached hydrogens (tertiary/aromatic N) is 1. The molecule has 0 saturated heterocycles. The Hall–Kier alpha value is -0.860. The fourth-order valence-electron chi connectivity index (χ4n) is 3.31. The molecule has 1 aliphatic carbocycles. The molecule has 2 heteroatoms. The van der Waals surface area contributed by atoms with Gasteiger partial charge < -0.3 is 5.32 Å². The van der Waals surface area contributed by atoms with E-state index < -0.39 is 0 Å². The summed E-state index contributed by atoms with van der Waals surface area (Å²) in [4.78, 5) is 2.49. The van der Waals surface area contributed by atoms with Gasteiger partial charge in [-0.25, -0.2) is 0 Å². The van der Waals surface area contributed by atoms with E-state index in [9.17, 15) is 0 Å². The highest BCUT2D eigenvalue weighted by molar-refractivity contribution is 5.27.